The number of nitrogens with one attached hydrogen (secondary N) is 1. The topological polar surface area (TPSA) is 55.4 Å². The summed E-state index contributed by atoms with van der Waals surface area (Å²) in [6.45, 7) is 7.49. The van der Waals surface area contributed by atoms with Crippen LogP contribution in [0.1, 0.15) is 23.6 Å². The minimum Gasteiger partial charge on any atom is -0.452 e. The molecule has 1 amide bonds. The summed E-state index contributed by atoms with van der Waals surface area (Å²) in [5.41, 5.74) is 3.90. The molecule has 132 valence electrons. The number of hydrogen-bond acceptors (Lipinski definition) is 4. The van der Waals surface area contributed by atoms with Gasteiger partial charge < -0.3 is 10.1 Å². The molecule has 2 rings (SSSR count). The molecule has 5 heteroatoms. The van der Waals surface area contributed by atoms with Crippen LogP contribution in [0.5, 0.6) is 0 Å². The van der Waals surface area contributed by atoms with Crippen LogP contribution in [0.25, 0.3) is 0 Å². The van der Waals surface area contributed by atoms with Crippen LogP contribution in [0, 0.1) is 20.8 Å². The van der Waals surface area contributed by atoms with E-state index in [2.05, 4.69) is 5.32 Å². The van der Waals surface area contributed by atoms with Gasteiger partial charge in [-0.05, 0) is 51.0 Å². The normalized spacial score (nSPS) is 11.7. The molecule has 0 aliphatic heterocycles. The third-order valence-electron chi connectivity index (χ3n) is 3.70. The Hall–Kier alpha value is -2.27. The first kappa shape index (κ1) is 19.1. The number of carbonyl (C=O) groups is 2. The number of amides is 1. The molecule has 0 aliphatic carbocycles. The summed E-state index contributed by atoms with van der Waals surface area (Å²) < 4.78 is 5.24. The molecule has 1 N–H and O–H groups in total. The van der Waals surface area contributed by atoms with Crippen molar-refractivity contribution in [2.45, 2.75) is 38.7 Å². The largest absolute Gasteiger partial charge is 0.452 e. The molecule has 0 unspecified atom stereocenters. The van der Waals surface area contributed by atoms with Gasteiger partial charge in [-0.3, -0.25) is 9.59 Å². The molecule has 2 aromatic carbocycles. The first-order chi connectivity index (χ1) is 11.9. The number of thioether (sulfide) groups is 1. The van der Waals surface area contributed by atoms with Gasteiger partial charge in [0.2, 0.25) is 0 Å². The fourth-order valence-corrected chi connectivity index (χ4v) is 3.25. The Bertz CT molecular complexity index is 736. The molecule has 0 saturated carbocycles. The second-order valence-corrected chi connectivity index (χ2v) is 7.05. The molecule has 4 nitrogen and oxygen atoms in total. The standard InChI is InChI=1S/C20H23NO3S/c1-13-10-14(2)19(15(3)11-13)21-20(23)16(4)24-18(22)12-25-17-8-6-5-7-9-17/h5-11,16H,12H2,1-4H3,(H,21,23)/t16-/m0/s1. The lowest BCUT2D eigenvalue weighted by Gasteiger charge is -2.16. The van der Waals surface area contributed by atoms with Crippen LogP contribution in [0.4, 0.5) is 5.69 Å². The Morgan fingerprint density at radius 1 is 1.08 bits per heavy atom. The number of aryl methyl sites for hydroxylation is 3. The summed E-state index contributed by atoms with van der Waals surface area (Å²) in [4.78, 5) is 25.2. The summed E-state index contributed by atoms with van der Waals surface area (Å²) in [7, 11) is 0. The van der Waals surface area contributed by atoms with Crippen LogP contribution < -0.4 is 5.32 Å². The quantitative estimate of drug-likeness (QED) is 0.619. The van der Waals surface area contributed by atoms with Gasteiger partial charge in [-0.2, -0.15) is 0 Å². The van der Waals surface area contributed by atoms with Crippen molar-refractivity contribution in [3.63, 3.8) is 0 Å². The molecule has 0 radical (unpaired) electrons. The van der Waals surface area contributed by atoms with Gasteiger partial charge in [-0.25, -0.2) is 0 Å². The molecule has 0 spiro atoms. The fourth-order valence-electron chi connectivity index (χ4n) is 2.55. The van der Waals surface area contributed by atoms with E-state index in [1.807, 2.05) is 63.2 Å². The van der Waals surface area contributed by atoms with Gasteiger partial charge in [-0.1, -0.05) is 35.9 Å². The minimum atomic E-state index is -0.844. The number of rotatable bonds is 6. The minimum absolute atomic E-state index is 0.171. The fraction of sp³-hybridized carbons (Fsp3) is 0.300. The highest BCUT2D eigenvalue weighted by molar-refractivity contribution is 8.00. The van der Waals surface area contributed by atoms with Gasteiger partial charge in [0.15, 0.2) is 6.10 Å². The predicted octanol–water partition coefficient (Wildman–Crippen LogP) is 4.27. The number of esters is 1. The highest BCUT2D eigenvalue weighted by Gasteiger charge is 2.19. The van der Waals surface area contributed by atoms with Crippen LogP contribution in [-0.4, -0.2) is 23.7 Å². The molecule has 1 atom stereocenters. The summed E-state index contributed by atoms with van der Waals surface area (Å²) in [5.74, 6) is -0.563. The van der Waals surface area contributed by atoms with Gasteiger partial charge in [-0.15, -0.1) is 11.8 Å². The Labute approximate surface area is 153 Å². The Morgan fingerprint density at radius 3 is 2.28 bits per heavy atom. The van der Waals surface area contributed by atoms with Crippen LogP contribution in [0.15, 0.2) is 47.4 Å². The Kier molecular flexibility index (Phi) is 6.65. The van der Waals surface area contributed by atoms with Crippen molar-refractivity contribution in [1.29, 1.82) is 0 Å². The van der Waals surface area contributed by atoms with Crippen LogP contribution in [-0.2, 0) is 14.3 Å². The number of benzene rings is 2. The van der Waals surface area contributed by atoms with E-state index >= 15 is 0 Å². The lowest BCUT2D eigenvalue weighted by atomic mass is 10.0. The van der Waals surface area contributed by atoms with Crippen LogP contribution in [0.2, 0.25) is 0 Å². The summed E-state index contributed by atoms with van der Waals surface area (Å²) >= 11 is 1.39. The molecule has 0 aromatic heterocycles. The summed E-state index contributed by atoms with van der Waals surface area (Å²) in [6, 6.07) is 13.6. The zero-order valence-electron chi connectivity index (χ0n) is 15.0. The number of ether oxygens (including phenoxy) is 1. The average molecular weight is 357 g/mol. The molecule has 0 heterocycles. The van der Waals surface area contributed by atoms with Crippen molar-refractivity contribution in [2.24, 2.45) is 0 Å². The number of hydrogen-bond donors (Lipinski definition) is 1. The smallest absolute Gasteiger partial charge is 0.317 e. The van der Waals surface area contributed by atoms with E-state index < -0.39 is 12.1 Å². The van der Waals surface area contributed by atoms with Gasteiger partial charge >= 0.3 is 5.97 Å². The van der Waals surface area contributed by atoms with Gasteiger partial charge in [0, 0.05) is 10.6 Å². The second kappa shape index (κ2) is 8.72. The van der Waals surface area contributed by atoms with E-state index in [0.29, 0.717) is 0 Å². The molecule has 2 aromatic rings. The summed E-state index contributed by atoms with van der Waals surface area (Å²) in [6.07, 6.45) is -0.844. The van der Waals surface area contributed by atoms with Crippen molar-refractivity contribution in [3.8, 4) is 0 Å². The van der Waals surface area contributed by atoms with Crippen molar-refractivity contribution < 1.29 is 14.3 Å². The second-order valence-electron chi connectivity index (χ2n) is 6.00. The van der Waals surface area contributed by atoms with E-state index in [1.54, 1.807) is 6.92 Å². The van der Waals surface area contributed by atoms with Crippen LogP contribution in [0.3, 0.4) is 0 Å². The molecule has 0 fully saturated rings. The van der Waals surface area contributed by atoms with Crippen molar-refractivity contribution >= 4 is 29.3 Å². The van der Waals surface area contributed by atoms with E-state index in [4.69, 9.17) is 4.74 Å². The lowest BCUT2D eigenvalue weighted by Crippen LogP contribution is -2.31. The average Bonchev–Trinajstić information content (AvgIpc) is 2.57. The molecule has 25 heavy (non-hydrogen) atoms. The Morgan fingerprint density at radius 2 is 1.68 bits per heavy atom. The number of carbonyl (C=O) groups excluding carboxylic acids is 2. The van der Waals surface area contributed by atoms with E-state index in [1.165, 1.54) is 11.8 Å². The van der Waals surface area contributed by atoms with E-state index in [-0.39, 0.29) is 11.7 Å². The third-order valence-corrected chi connectivity index (χ3v) is 4.69. The van der Waals surface area contributed by atoms with Crippen molar-refractivity contribution in [2.75, 3.05) is 11.1 Å². The highest BCUT2D eigenvalue weighted by atomic mass is 32.2. The first-order valence-electron chi connectivity index (χ1n) is 8.13. The summed E-state index contributed by atoms with van der Waals surface area (Å²) in [5, 5.41) is 2.86. The zero-order valence-corrected chi connectivity index (χ0v) is 15.8. The van der Waals surface area contributed by atoms with Gasteiger partial charge in [0.25, 0.3) is 5.91 Å². The Balaban J connectivity index is 1.89. The molecule has 0 saturated heterocycles. The van der Waals surface area contributed by atoms with Crippen molar-refractivity contribution in [1.82, 2.24) is 0 Å². The maximum atomic E-state index is 12.3. The molecular formula is C20H23NO3S. The molecular weight excluding hydrogens is 334 g/mol. The van der Waals surface area contributed by atoms with Gasteiger partial charge in [0.05, 0.1) is 5.75 Å². The maximum Gasteiger partial charge on any atom is 0.317 e. The highest BCUT2D eigenvalue weighted by Crippen LogP contribution is 2.22. The van der Waals surface area contributed by atoms with Crippen molar-refractivity contribution in [3.05, 3.63) is 59.2 Å². The maximum absolute atomic E-state index is 12.3. The van der Waals surface area contributed by atoms with E-state index in [0.717, 1.165) is 27.3 Å². The predicted molar refractivity (Wildman–Crippen MR) is 102 cm³/mol. The third kappa shape index (κ3) is 5.64. The van der Waals surface area contributed by atoms with Gasteiger partial charge in [0.1, 0.15) is 0 Å². The SMILES string of the molecule is Cc1cc(C)c(NC(=O)[C@H](C)OC(=O)CSc2ccccc2)c(C)c1. The van der Waals surface area contributed by atoms with E-state index in [9.17, 15) is 9.59 Å². The number of anilines is 1. The molecule has 0 bridgehead atoms. The lowest BCUT2D eigenvalue weighted by molar-refractivity contribution is -0.150. The zero-order chi connectivity index (χ0) is 18.4. The van der Waals surface area contributed by atoms with Crippen LogP contribution >= 0.6 is 11.8 Å². The first-order valence-corrected chi connectivity index (χ1v) is 9.11. The molecule has 0 aliphatic rings. The monoisotopic (exact) mass is 357 g/mol.